The highest BCUT2D eigenvalue weighted by molar-refractivity contribution is 5.90. The molecule has 2 aliphatic rings. The highest BCUT2D eigenvalue weighted by Crippen LogP contribution is 2.39. The first kappa shape index (κ1) is 38.0. The van der Waals surface area contributed by atoms with E-state index in [1.54, 1.807) is 33.8 Å². The Morgan fingerprint density at radius 2 is 1.49 bits per heavy atom. The van der Waals surface area contributed by atoms with Crippen molar-refractivity contribution in [1.82, 2.24) is 15.1 Å². The normalized spacial score (nSPS) is 22.0. The molecule has 2 aromatic carbocycles. The third-order valence-corrected chi connectivity index (χ3v) is 9.04. The van der Waals surface area contributed by atoms with Gasteiger partial charge in [-0.15, -0.1) is 0 Å². The summed E-state index contributed by atoms with van der Waals surface area (Å²) in [5, 5.41) is 2.83. The second-order valence-corrected chi connectivity index (χ2v) is 14.0. The summed E-state index contributed by atoms with van der Waals surface area (Å²) in [7, 11) is 1.27. The summed E-state index contributed by atoms with van der Waals surface area (Å²) < 4.78 is 101. The van der Waals surface area contributed by atoms with Crippen LogP contribution in [0.25, 0.3) is 0 Å². The maximum atomic E-state index is 14.3. The van der Waals surface area contributed by atoms with Gasteiger partial charge in [-0.25, -0.2) is 9.18 Å². The predicted molar refractivity (Wildman–Crippen MR) is 167 cm³/mol. The van der Waals surface area contributed by atoms with Crippen LogP contribution in [0.2, 0.25) is 0 Å². The summed E-state index contributed by atoms with van der Waals surface area (Å²) in [5.74, 6) is -2.54. The van der Waals surface area contributed by atoms with Crippen LogP contribution in [0, 0.1) is 18.7 Å². The number of hydrogen-bond acceptors (Lipinski definition) is 4. The molecular formula is C35H42F7N3O4. The van der Waals surface area contributed by atoms with E-state index in [1.165, 1.54) is 24.1 Å². The third-order valence-electron chi connectivity index (χ3n) is 9.04. The van der Waals surface area contributed by atoms with Crippen LogP contribution in [0.4, 0.5) is 35.5 Å². The number of aryl methyl sites for hydroxylation is 1. The SMILES string of the molecule is Cc1cc(F)ccc1[C@H]1CCCN(C(=O)C2CCC(NC(=O)OC(C)(C)C)CC2)[C@@H]1C(=O)N(C)Cc1cc(C(F)(F)F)cc(C(F)(F)F)c1. The van der Waals surface area contributed by atoms with Gasteiger partial charge in [0.25, 0.3) is 0 Å². The Balaban J connectivity index is 1.61. The van der Waals surface area contributed by atoms with Crippen molar-refractivity contribution in [3.8, 4) is 0 Å². The largest absolute Gasteiger partial charge is 0.444 e. The molecular weight excluding hydrogens is 659 g/mol. The average molecular weight is 702 g/mol. The Kier molecular flexibility index (Phi) is 11.3. The van der Waals surface area contributed by atoms with E-state index in [1.807, 2.05) is 0 Å². The van der Waals surface area contributed by atoms with E-state index in [0.29, 0.717) is 61.8 Å². The molecule has 1 saturated carbocycles. The zero-order valence-electron chi connectivity index (χ0n) is 28.1. The number of hydrogen-bond donors (Lipinski definition) is 1. The van der Waals surface area contributed by atoms with Gasteiger partial charge in [-0.2, -0.15) is 26.3 Å². The molecule has 1 aliphatic carbocycles. The number of carbonyl (C=O) groups excluding carboxylic acids is 3. The summed E-state index contributed by atoms with van der Waals surface area (Å²) in [4.78, 5) is 43.2. The molecule has 7 nitrogen and oxygen atoms in total. The summed E-state index contributed by atoms with van der Waals surface area (Å²) in [6, 6.07) is 3.92. The number of amides is 3. The van der Waals surface area contributed by atoms with E-state index in [2.05, 4.69) is 5.32 Å². The van der Waals surface area contributed by atoms with Gasteiger partial charge < -0.3 is 19.9 Å². The number of rotatable bonds is 6. The van der Waals surface area contributed by atoms with Gasteiger partial charge in [0.1, 0.15) is 17.5 Å². The molecule has 2 fully saturated rings. The lowest BCUT2D eigenvalue weighted by Gasteiger charge is -2.44. The molecule has 2 aromatic rings. The second-order valence-electron chi connectivity index (χ2n) is 14.0. The van der Waals surface area contributed by atoms with Crippen molar-refractivity contribution >= 4 is 17.9 Å². The van der Waals surface area contributed by atoms with E-state index in [9.17, 15) is 45.1 Å². The van der Waals surface area contributed by atoms with Crippen LogP contribution in [-0.2, 0) is 33.2 Å². The Morgan fingerprint density at radius 1 is 0.898 bits per heavy atom. The van der Waals surface area contributed by atoms with Crippen LogP contribution in [0.1, 0.15) is 93.0 Å². The van der Waals surface area contributed by atoms with Crippen LogP contribution in [0.15, 0.2) is 36.4 Å². The number of likely N-dealkylation sites (N-methyl/N-ethyl adjacent to an activating group) is 1. The number of piperidine rings is 1. The van der Waals surface area contributed by atoms with E-state index >= 15 is 0 Å². The molecule has 0 radical (unpaired) electrons. The Morgan fingerprint density at radius 3 is 2.02 bits per heavy atom. The second kappa shape index (κ2) is 14.6. The van der Waals surface area contributed by atoms with Crippen LogP contribution < -0.4 is 5.32 Å². The van der Waals surface area contributed by atoms with Crippen molar-refractivity contribution in [1.29, 1.82) is 0 Å². The number of benzene rings is 2. The van der Waals surface area contributed by atoms with E-state index in [0.717, 1.165) is 4.90 Å². The highest BCUT2D eigenvalue weighted by Gasteiger charge is 2.44. The zero-order valence-corrected chi connectivity index (χ0v) is 28.1. The maximum absolute atomic E-state index is 14.3. The molecule has 4 rings (SSSR count). The molecule has 1 N–H and O–H groups in total. The van der Waals surface area contributed by atoms with Crippen molar-refractivity contribution in [3.63, 3.8) is 0 Å². The molecule has 1 saturated heterocycles. The Bertz CT molecular complexity index is 1500. The highest BCUT2D eigenvalue weighted by atomic mass is 19.4. The fourth-order valence-corrected chi connectivity index (χ4v) is 6.81. The maximum Gasteiger partial charge on any atom is 0.416 e. The topological polar surface area (TPSA) is 79.0 Å². The number of alkyl carbamates (subject to hydrolysis) is 1. The van der Waals surface area contributed by atoms with E-state index in [-0.39, 0.29) is 30.1 Å². The lowest BCUT2D eigenvalue weighted by atomic mass is 9.79. The number of alkyl halides is 6. The third kappa shape index (κ3) is 9.66. The number of ether oxygens (including phenoxy) is 1. The van der Waals surface area contributed by atoms with Crippen LogP contribution in [-0.4, -0.2) is 59.0 Å². The fraction of sp³-hybridized carbons (Fsp3) is 0.571. The summed E-state index contributed by atoms with van der Waals surface area (Å²) in [5.41, 5.74) is -2.89. The molecule has 2 atom stereocenters. The summed E-state index contributed by atoms with van der Waals surface area (Å²) in [6.45, 7) is 6.53. The first-order valence-corrected chi connectivity index (χ1v) is 16.2. The van der Waals surface area contributed by atoms with Crippen molar-refractivity contribution in [2.24, 2.45) is 5.92 Å². The van der Waals surface area contributed by atoms with Crippen LogP contribution >= 0.6 is 0 Å². The van der Waals surface area contributed by atoms with Crippen molar-refractivity contribution in [2.45, 2.75) is 109 Å². The lowest BCUT2D eigenvalue weighted by Crippen LogP contribution is -2.57. The van der Waals surface area contributed by atoms with Gasteiger partial charge in [-0.1, -0.05) is 6.07 Å². The molecule has 1 heterocycles. The number of nitrogens with zero attached hydrogens (tertiary/aromatic N) is 2. The number of likely N-dealkylation sites (tertiary alicyclic amines) is 1. The van der Waals surface area contributed by atoms with Gasteiger partial charge >= 0.3 is 18.4 Å². The first-order chi connectivity index (χ1) is 22.6. The smallest absolute Gasteiger partial charge is 0.416 e. The van der Waals surface area contributed by atoms with Crippen molar-refractivity contribution < 1.29 is 49.9 Å². The predicted octanol–water partition coefficient (Wildman–Crippen LogP) is 7.99. The summed E-state index contributed by atoms with van der Waals surface area (Å²) in [6.07, 6.45) is -7.93. The lowest BCUT2D eigenvalue weighted by molar-refractivity contribution is -0.151. The molecule has 0 bridgehead atoms. The average Bonchev–Trinajstić information content (AvgIpc) is 2.98. The molecule has 1 aliphatic heterocycles. The van der Waals surface area contributed by atoms with Crippen molar-refractivity contribution in [3.05, 3.63) is 70.0 Å². The van der Waals surface area contributed by atoms with E-state index < -0.39 is 71.3 Å². The van der Waals surface area contributed by atoms with Gasteiger partial charge in [0.15, 0.2) is 0 Å². The van der Waals surface area contributed by atoms with Gasteiger partial charge in [-0.05, 0) is 113 Å². The van der Waals surface area contributed by atoms with E-state index in [4.69, 9.17) is 4.74 Å². The Hall–Kier alpha value is -3.84. The number of halogens is 7. The van der Waals surface area contributed by atoms with Gasteiger partial charge in [-0.3, -0.25) is 9.59 Å². The summed E-state index contributed by atoms with van der Waals surface area (Å²) >= 11 is 0. The van der Waals surface area contributed by atoms with Crippen LogP contribution in [0.5, 0.6) is 0 Å². The standard InChI is InChI=1S/C35H42F7N3O4/c1-20-15-25(36)10-13-27(20)28-7-6-14-45(30(46)22-8-11-26(12-9-22)43-32(48)49-33(2,3)4)29(28)31(47)44(5)19-21-16-23(34(37,38)39)18-24(17-21)35(40,41)42/h10,13,15-18,22,26,28-29H,6-9,11-12,14,19H2,1-5H3,(H,43,48)/t22?,26?,28-,29+/m1/s1. The van der Waals surface area contributed by atoms with Gasteiger partial charge in [0.2, 0.25) is 11.8 Å². The molecule has 3 amide bonds. The quantitative estimate of drug-likeness (QED) is 0.310. The molecule has 0 unspecified atom stereocenters. The fourth-order valence-electron chi connectivity index (χ4n) is 6.81. The minimum atomic E-state index is -5.06. The monoisotopic (exact) mass is 701 g/mol. The van der Waals surface area contributed by atoms with Crippen molar-refractivity contribution in [2.75, 3.05) is 13.6 Å². The molecule has 14 heteroatoms. The van der Waals surface area contributed by atoms with Gasteiger partial charge in [0.05, 0.1) is 11.1 Å². The Labute approximate surface area is 281 Å². The number of nitrogens with one attached hydrogen (secondary N) is 1. The zero-order chi connectivity index (χ0) is 36.5. The minimum absolute atomic E-state index is 0.0258. The first-order valence-electron chi connectivity index (χ1n) is 16.2. The molecule has 0 spiro atoms. The molecule has 0 aromatic heterocycles. The van der Waals surface area contributed by atoms with Crippen LogP contribution in [0.3, 0.4) is 0 Å². The molecule has 270 valence electrons. The number of carbonyl (C=O) groups is 3. The van der Waals surface area contributed by atoms with Gasteiger partial charge in [0, 0.05) is 38.0 Å². The molecule has 49 heavy (non-hydrogen) atoms. The minimum Gasteiger partial charge on any atom is -0.444 e.